The van der Waals surface area contributed by atoms with Gasteiger partial charge in [0.15, 0.2) is 0 Å². The molecule has 1 nitrogen and oxygen atoms in total. The van der Waals surface area contributed by atoms with Gasteiger partial charge in [-0.3, -0.25) is 0 Å². The summed E-state index contributed by atoms with van der Waals surface area (Å²) in [7, 11) is 1.48. The van der Waals surface area contributed by atoms with Gasteiger partial charge in [-0.1, -0.05) is 28.1 Å². The van der Waals surface area contributed by atoms with Gasteiger partial charge in [-0.05, 0) is 45.8 Å². The average Bonchev–Trinajstić information content (AvgIpc) is 2.40. The van der Waals surface area contributed by atoms with Crippen molar-refractivity contribution in [3.05, 3.63) is 63.6 Å². The summed E-state index contributed by atoms with van der Waals surface area (Å²) in [6, 6.07) is 9.18. The van der Waals surface area contributed by atoms with Crippen molar-refractivity contribution in [3.63, 3.8) is 0 Å². The number of ether oxygens (including phenoxy) is 1. The van der Waals surface area contributed by atoms with Gasteiger partial charge in [0.1, 0.15) is 17.4 Å². The van der Waals surface area contributed by atoms with Crippen molar-refractivity contribution in [1.82, 2.24) is 0 Å². The molecule has 0 radical (unpaired) electrons. The van der Waals surface area contributed by atoms with Gasteiger partial charge in [0.25, 0.3) is 0 Å². The standard InChI is InChI=1S/C14H10Br2F2O/c1-19-12-4-2-3-11(18)13(12)14(16)8-5-6-10(17)9(15)7-8/h2-7,14H,1H3. The van der Waals surface area contributed by atoms with Crippen molar-refractivity contribution < 1.29 is 13.5 Å². The van der Waals surface area contributed by atoms with E-state index in [2.05, 4.69) is 31.9 Å². The third-order valence-electron chi connectivity index (χ3n) is 2.72. The minimum atomic E-state index is -0.416. The van der Waals surface area contributed by atoms with Crippen LogP contribution in [-0.4, -0.2) is 7.11 Å². The molecule has 0 fully saturated rings. The van der Waals surface area contributed by atoms with Gasteiger partial charge in [0.05, 0.1) is 16.4 Å². The molecule has 5 heteroatoms. The van der Waals surface area contributed by atoms with E-state index < -0.39 is 4.83 Å². The molecular formula is C14H10Br2F2O. The van der Waals surface area contributed by atoms with Crippen LogP contribution in [0.4, 0.5) is 8.78 Å². The average molecular weight is 392 g/mol. The van der Waals surface area contributed by atoms with Gasteiger partial charge in [-0.15, -0.1) is 0 Å². The number of alkyl halides is 1. The van der Waals surface area contributed by atoms with E-state index in [-0.39, 0.29) is 11.6 Å². The molecule has 0 aliphatic carbocycles. The first-order valence-corrected chi connectivity index (χ1v) is 7.17. The Labute approximate surface area is 126 Å². The summed E-state index contributed by atoms with van der Waals surface area (Å²) in [4.78, 5) is -0.416. The fourth-order valence-electron chi connectivity index (χ4n) is 1.78. The van der Waals surface area contributed by atoms with Crippen molar-refractivity contribution in [2.24, 2.45) is 0 Å². The van der Waals surface area contributed by atoms with Crippen LogP contribution in [0.1, 0.15) is 16.0 Å². The van der Waals surface area contributed by atoms with Crippen molar-refractivity contribution >= 4 is 31.9 Å². The van der Waals surface area contributed by atoms with Gasteiger partial charge in [-0.2, -0.15) is 0 Å². The second kappa shape index (κ2) is 6.01. The van der Waals surface area contributed by atoms with E-state index in [9.17, 15) is 8.78 Å². The molecule has 0 saturated carbocycles. The largest absolute Gasteiger partial charge is 0.496 e. The maximum atomic E-state index is 14.0. The molecule has 0 saturated heterocycles. The lowest BCUT2D eigenvalue weighted by Crippen LogP contribution is -2.01. The van der Waals surface area contributed by atoms with E-state index in [1.807, 2.05) is 0 Å². The van der Waals surface area contributed by atoms with Gasteiger partial charge < -0.3 is 4.74 Å². The lowest BCUT2D eigenvalue weighted by molar-refractivity contribution is 0.405. The summed E-state index contributed by atoms with van der Waals surface area (Å²) in [6.45, 7) is 0. The minimum absolute atomic E-state index is 0.338. The molecule has 1 atom stereocenters. The Morgan fingerprint density at radius 3 is 2.47 bits per heavy atom. The predicted octanol–water partition coefficient (Wildman–Crippen LogP) is 5.22. The zero-order valence-corrected chi connectivity index (χ0v) is 13.1. The molecule has 0 amide bonds. The van der Waals surface area contributed by atoms with Crippen LogP contribution in [0.2, 0.25) is 0 Å². The highest BCUT2D eigenvalue weighted by atomic mass is 79.9. The van der Waals surface area contributed by atoms with Crippen LogP contribution in [0.15, 0.2) is 40.9 Å². The molecule has 0 heterocycles. The van der Waals surface area contributed by atoms with Crippen LogP contribution in [0.3, 0.4) is 0 Å². The van der Waals surface area contributed by atoms with Gasteiger partial charge in [-0.25, -0.2) is 8.78 Å². The van der Waals surface area contributed by atoms with Crippen molar-refractivity contribution in [2.75, 3.05) is 7.11 Å². The van der Waals surface area contributed by atoms with Crippen LogP contribution in [-0.2, 0) is 0 Å². The number of methoxy groups -OCH3 is 1. The van der Waals surface area contributed by atoms with Crippen LogP contribution in [0, 0.1) is 11.6 Å². The fraction of sp³-hybridized carbons (Fsp3) is 0.143. The Bertz CT molecular complexity index is 602. The summed E-state index contributed by atoms with van der Waals surface area (Å²) in [5.74, 6) is -0.284. The molecule has 2 aromatic rings. The smallest absolute Gasteiger partial charge is 0.137 e. The highest BCUT2D eigenvalue weighted by molar-refractivity contribution is 9.10. The third-order valence-corrected chi connectivity index (χ3v) is 4.32. The van der Waals surface area contributed by atoms with Crippen molar-refractivity contribution in [1.29, 1.82) is 0 Å². The Kier molecular flexibility index (Phi) is 4.58. The number of halogens is 4. The minimum Gasteiger partial charge on any atom is -0.496 e. The molecule has 1 unspecified atom stereocenters. The van der Waals surface area contributed by atoms with E-state index in [1.165, 1.54) is 19.2 Å². The summed E-state index contributed by atoms with van der Waals surface area (Å²) >= 11 is 6.55. The highest BCUT2D eigenvalue weighted by Crippen LogP contribution is 2.39. The summed E-state index contributed by atoms with van der Waals surface area (Å²) < 4.78 is 32.7. The quantitative estimate of drug-likeness (QED) is 0.651. The van der Waals surface area contributed by atoms with Crippen molar-refractivity contribution in [2.45, 2.75) is 4.83 Å². The van der Waals surface area contributed by atoms with Gasteiger partial charge in [0, 0.05) is 5.56 Å². The first-order valence-electron chi connectivity index (χ1n) is 5.46. The summed E-state index contributed by atoms with van der Waals surface area (Å²) in [5, 5.41) is 0. The Balaban J connectivity index is 2.49. The van der Waals surface area contributed by atoms with Gasteiger partial charge in [0.2, 0.25) is 0 Å². The summed E-state index contributed by atoms with van der Waals surface area (Å²) in [6.07, 6.45) is 0. The van der Waals surface area contributed by atoms with Crippen LogP contribution >= 0.6 is 31.9 Å². The third kappa shape index (κ3) is 2.98. The first-order chi connectivity index (χ1) is 9.04. The molecule has 0 N–H and O–H groups in total. The Hall–Kier alpha value is -0.940. The van der Waals surface area contributed by atoms with Crippen molar-refractivity contribution in [3.8, 4) is 5.75 Å². The molecule has 2 aromatic carbocycles. The van der Waals surface area contributed by atoms with Crippen LogP contribution in [0.25, 0.3) is 0 Å². The van der Waals surface area contributed by atoms with E-state index >= 15 is 0 Å². The molecule has 2 rings (SSSR count). The molecule has 0 spiro atoms. The maximum Gasteiger partial charge on any atom is 0.137 e. The maximum absolute atomic E-state index is 14.0. The number of hydrogen-bond donors (Lipinski definition) is 0. The fourth-order valence-corrected chi connectivity index (χ4v) is 2.90. The molecule has 0 aromatic heterocycles. The molecule has 0 aliphatic heterocycles. The first kappa shape index (κ1) is 14.5. The number of hydrogen-bond acceptors (Lipinski definition) is 1. The molecule has 19 heavy (non-hydrogen) atoms. The number of benzene rings is 2. The molecule has 100 valence electrons. The lowest BCUT2D eigenvalue weighted by Gasteiger charge is -2.16. The zero-order chi connectivity index (χ0) is 14.0. The van der Waals surface area contributed by atoms with E-state index in [4.69, 9.17) is 4.74 Å². The SMILES string of the molecule is COc1cccc(F)c1C(Br)c1ccc(F)c(Br)c1. The molecule has 0 aliphatic rings. The lowest BCUT2D eigenvalue weighted by atomic mass is 10.0. The number of rotatable bonds is 3. The monoisotopic (exact) mass is 390 g/mol. The second-order valence-corrected chi connectivity index (χ2v) is 5.66. The highest BCUT2D eigenvalue weighted by Gasteiger charge is 2.20. The summed E-state index contributed by atoms with van der Waals surface area (Å²) in [5.41, 5.74) is 1.13. The second-order valence-electron chi connectivity index (χ2n) is 3.89. The topological polar surface area (TPSA) is 9.23 Å². The molecule has 0 bridgehead atoms. The zero-order valence-electron chi connectivity index (χ0n) is 9.96. The van der Waals surface area contributed by atoms with Crippen LogP contribution < -0.4 is 4.74 Å². The van der Waals surface area contributed by atoms with Crippen LogP contribution in [0.5, 0.6) is 5.75 Å². The Morgan fingerprint density at radius 1 is 1.11 bits per heavy atom. The van der Waals surface area contributed by atoms with Gasteiger partial charge >= 0.3 is 0 Å². The normalized spacial score (nSPS) is 12.3. The van der Waals surface area contributed by atoms with E-state index in [0.717, 1.165) is 5.56 Å². The predicted molar refractivity (Wildman–Crippen MR) is 77.8 cm³/mol. The van der Waals surface area contributed by atoms with E-state index in [1.54, 1.807) is 24.3 Å². The van der Waals surface area contributed by atoms with E-state index in [0.29, 0.717) is 15.8 Å². The molecular weight excluding hydrogens is 382 g/mol. The Morgan fingerprint density at radius 2 is 1.84 bits per heavy atom.